The van der Waals surface area contributed by atoms with E-state index in [0.717, 1.165) is 23.9 Å². The van der Waals surface area contributed by atoms with Crippen molar-refractivity contribution >= 4 is 23.1 Å². The molecule has 8 heteroatoms. The molecule has 0 saturated carbocycles. The second-order valence-corrected chi connectivity index (χ2v) is 7.70. The highest BCUT2D eigenvalue weighted by Crippen LogP contribution is 2.38. The summed E-state index contributed by atoms with van der Waals surface area (Å²) in [5.41, 5.74) is 1.54. The second-order valence-electron chi connectivity index (χ2n) is 7.70. The summed E-state index contributed by atoms with van der Waals surface area (Å²) >= 11 is 0. The summed E-state index contributed by atoms with van der Waals surface area (Å²) in [6.45, 7) is 5.89. The minimum absolute atomic E-state index is 0.0429. The zero-order chi connectivity index (χ0) is 23.5. The first-order valence-corrected chi connectivity index (χ1v) is 10.4. The van der Waals surface area contributed by atoms with Crippen molar-refractivity contribution in [2.45, 2.75) is 39.5 Å². The lowest BCUT2D eigenvalue weighted by atomic mass is 10.1. The molecule has 0 radical (unpaired) electrons. The molecule has 3 aromatic rings. The van der Waals surface area contributed by atoms with Gasteiger partial charge >= 0.3 is 6.18 Å². The molecule has 0 aliphatic rings. The number of hydrogen-bond donors (Lipinski definition) is 0. The summed E-state index contributed by atoms with van der Waals surface area (Å²) in [4.78, 5) is 11.4. The van der Waals surface area contributed by atoms with E-state index in [1.54, 1.807) is 43.3 Å². The van der Waals surface area contributed by atoms with E-state index in [9.17, 15) is 13.2 Å². The van der Waals surface area contributed by atoms with Crippen LogP contribution in [0.5, 0.6) is 5.75 Å². The Morgan fingerprint density at radius 1 is 0.906 bits per heavy atom. The van der Waals surface area contributed by atoms with Crippen LogP contribution in [0.15, 0.2) is 54.7 Å². The first-order valence-electron chi connectivity index (χ1n) is 10.4. The van der Waals surface area contributed by atoms with Crippen molar-refractivity contribution in [1.82, 2.24) is 9.97 Å². The van der Waals surface area contributed by atoms with Gasteiger partial charge in [0.15, 0.2) is 5.82 Å². The summed E-state index contributed by atoms with van der Waals surface area (Å²) in [5, 5.41) is 0. The highest BCUT2D eigenvalue weighted by Gasteiger charge is 2.37. The average molecular weight is 445 g/mol. The molecule has 0 fully saturated rings. The standard InChI is InChI=1S/C24H27F3N4O/c1-6-17-7-9-18(10-8-17)30(4)22-21(24(25,26)27)15-28-23(29-22)31(5)19-11-13-20(14-12-19)32-16(2)3/h7-16H,6H2,1-5H3. The predicted molar refractivity (Wildman–Crippen MR) is 121 cm³/mol. The predicted octanol–water partition coefficient (Wildman–Crippen LogP) is 6.38. The molecule has 1 heterocycles. The van der Waals surface area contributed by atoms with Crippen molar-refractivity contribution in [3.8, 4) is 5.75 Å². The van der Waals surface area contributed by atoms with Crippen molar-refractivity contribution in [3.05, 3.63) is 65.9 Å². The number of ether oxygens (including phenoxy) is 1. The molecule has 0 amide bonds. The Kier molecular flexibility index (Phi) is 6.91. The maximum Gasteiger partial charge on any atom is 0.421 e. The van der Waals surface area contributed by atoms with Crippen LogP contribution in [0, 0.1) is 0 Å². The fourth-order valence-corrected chi connectivity index (χ4v) is 3.19. The van der Waals surface area contributed by atoms with Gasteiger partial charge in [0.05, 0.1) is 6.10 Å². The quantitative estimate of drug-likeness (QED) is 0.423. The fourth-order valence-electron chi connectivity index (χ4n) is 3.19. The van der Waals surface area contributed by atoms with Crippen molar-refractivity contribution in [3.63, 3.8) is 0 Å². The third-order valence-electron chi connectivity index (χ3n) is 5.01. The SMILES string of the molecule is CCc1ccc(N(C)c2nc(N(C)c3ccc(OC(C)C)cc3)ncc2C(F)(F)F)cc1. The first kappa shape index (κ1) is 23.4. The van der Waals surface area contributed by atoms with Crippen molar-refractivity contribution in [2.24, 2.45) is 0 Å². The van der Waals surface area contributed by atoms with Crippen LogP contribution in [-0.2, 0) is 12.6 Å². The lowest BCUT2D eigenvalue weighted by molar-refractivity contribution is -0.137. The van der Waals surface area contributed by atoms with Crippen LogP contribution in [0.25, 0.3) is 0 Å². The number of aryl methyl sites for hydroxylation is 1. The fraction of sp³-hybridized carbons (Fsp3) is 0.333. The number of aromatic nitrogens is 2. The number of halogens is 3. The van der Waals surface area contributed by atoms with E-state index < -0.39 is 11.7 Å². The molecule has 0 unspecified atom stereocenters. The Morgan fingerprint density at radius 3 is 2.00 bits per heavy atom. The van der Waals surface area contributed by atoms with Crippen LogP contribution in [0.2, 0.25) is 0 Å². The number of anilines is 4. The van der Waals surface area contributed by atoms with Gasteiger partial charge in [0, 0.05) is 31.7 Å². The van der Waals surface area contributed by atoms with Gasteiger partial charge in [-0.25, -0.2) is 4.98 Å². The summed E-state index contributed by atoms with van der Waals surface area (Å²) in [7, 11) is 3.28. The maximum atomic E-state index is 13.7. The van der Waals surface area contributed by atoms with E-state index in [1.807, 2.05) is 45.0 Å². The molecule has 0 aliphatic heterocycles. The second kappa shape index (κ2) is 9.46. The van der Waals surface area contributed by atoms with Crippen LogP contribution in [0.1, 0.15) is 31.9 Å². The van der Waals surface area contributed by atoms with Crippen LogP contribution < -0.4 is 14.5 Å². The van der Waals surface area contributed by atoms with Crippen LogP contribution in [0.3, 0.4) is 0 Å². The van der Waals surface area contributed by atoms with Gasteiger partial charge in [-0.15, -0.1) is 0 Å². The van der Waals surface area contributed by atoms with Gasteiger partial charge in [-0.05, 0) is 62.2 Å². The number of benzene rings is 2. The first-order chi connectivity index (χ1) is 15.1. The topological polar surface area (TPSA) is 41.5 Å². The van der Waals surface area contributed by atoms with Gasteiger partial charge in [-0.1, -0.05) is 19.1 Å². The molecule has 0 N–H and O–H groups in total. The minimum Gasteiger partial charge on any atom is -0.491 e. The lowest BCUT2D eigenvalue weighted by Gasteiger charge is -2.25. The van der Waals surface area contributed by atoms with E-state index in [4.69, 9.17) is 4.74 Å². The van der Waals surface area contributed by atoms with Crippen LogP contribution >= 0.6 is 0 Å². The summed E-state index contributed by atoms with van der Waals surface area (Å²) in [6, 6.07) is 14.6. The lowest BCUT2D eigenvalue weighted by Crippen LogP contribution is -2.21. The highest BCUT2D eigenvalue weighted by molar-refractivity contribution is 5.66. The van der Waals surface area contributed by atoms with Gasteiger partial charge in [0.2, 0.25) is 5.95 Å². The Labute approximate surface area is 186 Å². The van der Waals surface area contributed by atoms with E-state index >= 15 is 0 Å². The number of alkyl halides is 3. The van der Waals surface area contributed by atoms with Gasteiger partial charge in [-0.2, -0.15) is 18.2 Å². The van der Waals surface area contributed by atoms with E-state index in [2.05, 4.69) is 9.97 Å². The molecule has 3 rings (SSSR count). The zero-order valence-electron chi connectivity index (χ0n) is 18.8. The van der Waals surface area contributed by atoms with Gasteiger partial charge in [-0.3, -0.25) is 0 Å². The average Bonchev–Trinajstić information content (AvgIpc) is 2.77. The molecule has 5 nitrogen and oxygen atoms in total. The molecule has 0 bridgehead atoms. The Hall–Kier alpha value is -3.29. The van der Waals surface area contributed by atoms with Crippen LogP contribution in [0.4, 0.5) is 36.3 Å². The third-order valence-corrected chi connectivity index (χ3v) is 5.01. The van der Waals surface area contributed by atoms with Gasteiger partial charge in [0.25, 0.3) is 0 Å². The Bertz CT molecular complexity index is 1030. The molecule has 0 saturated heterocycles. The maximum absolute atomic E-state index is 13.7. The molecular weight excluding hydrogens is 417 g/mol. The summed E-state index contributed by atoms with van der Waals surface area (Å²) in [6.07, 6.45) is -2.86. The molecule has 0 aliphatic carbocycles. The Balaban J connectivity index is 1.97. The largest absolute Gasteiger partial charge is 0.491 e. The molecule has 0 atom stereocenters. The van der Waals surface area contributed by atoms with E-state index in [0.29, 0.717) is 11.4 Å². The third kappa shape index (κ3) is 5.30. The highest BCUT2D eigenvalue weighted by atomic mass is 19.4. The summed E-state index contributed by atoms with van der Waals surface area (Å²) < 4.78 is 46.8. The normalized spacial score (nSPS) is 11.5. The van der Waals surface area contributed by atoms with E-state index in [-0.39, 0.29) is 17.9 Å². The number of nitrogens with zero attached hydrogens (tertiary/aromatic N) is 4. The molecule has 170 valence electrons. The van der Waals surface area contributed by atoms with Gasteiger partial charge < -0.3 is 14.5 Å². The monoisotopic (exact) mass is 444 g/mol. The van der Waals surface area contributed by atoms with Crippen LogP contribution in [-0.4, -0.2) is 30.2 Å². The minimum atomic E-state index is -4.58. The smallest absolute Gasteiger partial charge is 0.421 e. The number of hydrogen-bond acceptors (Lipinski definition) is 5. The zero-order valence-corrected chi connectivity index (χ0v) is 18.8. The molecule has 2 aromatic carbocycles. The molecular formula is C24H27F3N4O. The van der Waals surface area contributed by atoms with Crippen molar-refractivity contribution < 1.29 is 17.9 Å². The molecule has 1 aromatic heterocycles. The van der Waals surface area contributed by atoms with Crippen molar-refractivity contribution in [2.75, 3.05) is 23.9 Å². The number of rotatable bonds is 7. The van der Waals surface area contributed by atoms with Gasteiger partial charge in [0.1, 0.15) is 11.3 Å². The summed E-state index contributed by atoms with van der Waals surface area (Å²) in [5.74, 6) is 0.655. The molecule has 32 heavy (non-hydrogen) atoms. The molecule has 0 spiro atoms. The van der Waals surface area contributed by atoms with Crippen molar-refractivity contribution in [1.29, 1.82) is 0 Å². The van der Waals surface area contributed by atoms with E-state index in [1.165, 1.54) is 4.90 Å². The Morgan fingerprint density at radius 2 is 1.47 bits per heavy atom.